The van der Waals surface area contributed by atoms with E-state index in [1.807, 2.05) is 19.1 Å². The van der Waals surface area contributed by atoms with Crippen LogP contribution in [0.25, 0.3) is 0 Å². The molecular weight excluding hydrogens is 254 g/mol. The minimum atomic E-state index is -0.471. The lowest BCUT2D eigenvalue weighted by atomic mass is 10.2. The first-order chi connectivity index (χ1) is 8.60. The van der Waals surface area contributed by atoms with E-state index in [9.17, 15) is 8.78 Å². The van der Waals surface area contributed by atoms with Crippen molar-refractivity contribution in [3.05, 3.63) is 53.2 Å². The third kappa shape index (κ3) is 2.86. The van der Waals surface area contributed by atoms with Crippen LogP contribution in [0.2, 0.25) is 0 Å². The van der Waals surface area contributed by atoms with E-state index < -0.39 is 11.6 Å². The first kappa shape index (κ1) is 13.0. The van der Waals surface area contributed by atoms with Crippen LogP contribution in [0.1, 0.15) is 11.3 Å². The summed E-state index contributed by atoms with van der Waals surface area (Å²) < 4.78 is 26.6. The molecule has 2 aromatic rings. The maximum Gasteiger partial charge on any atom is 0.137 e. The van der Waals surface area contributed by atoms with Crippen LogP contribution in [0.3, 0.4) is 0 Å². The van der Waals surface area contributed by atoms with E-state index >= 15 is 0 Å². The molecule has 0 bridgehead atoms. The Bertz CT molecular complexity index is 573. The molecular formula is C13H12F2N2S. The number of hydrogen-bond acceptors (Lipinski definition) is 3. The third-order valence-electron chi connectivity index (χ3n) is 2.40. The van der Waals surface area contributed by atoms with Crippen molar-refractivity contribution in [2.75, 3.05) is 0 Å². The summed E-state index contributed by atoms with van der Waals surface area (Å²) in [6, 6.07) is 7.04. The van der Waals surface area contributed by atoms with Crippen LogP contribution < -0.4 is 5.73 Å². The molecule has 0 aliphatic rings. The van der Waals surface area contributed by atoms with Crippen LogP contribution in [0.5, 0.6) is 0 Å². The molecule has 2 N–H and O–H groups in total. The fourth-order valence-electron chi connectivity index (χ4n) is 1.47. The van der Waals surface area contributed by atoms with E-state index in [1.54, 1.807) is 0 Å². The number of halogens is 2. The van der Waals surface area contributed by atoms with Crippen molar-refractivity contribution in [1.82, 2.24) is 4.98 Å². The summed E-state index contributed by atoms with van der Waals surface area (Å²) in [5.41, 5.74) is 7.23. The van der Waals surface area contributed by atoms with Gasteiger partial charge in [-0.1, -0.05) is 17.8 Å². The van der Waals surface area contributed by atoms with E-state index in [1.165, 1.54) is 0 Å². The Morgan fingerprint density at radius 3 is 2.72 bits per heavy atom. The van der Waals surface area contributed by atoms with Crippen molar-refractivity contribution in [3.8, 4) is 0 Å². The van der Waals surface area contributed by atoms with Gasteiger partial charge in [-0.25, -0.2) is 13.8 Å². The second-order valence-electron chi connectivity index (χ2n) is 3.80. The van der Waals surface area contributed by atoms with Crippen LogP contribution in [-0.2, 0) is 6.54 Å². The van der Waals surface area contributed by atoms with Gasteiger partial charge in [-0.05, 0) is 36.8 Å². The maximum absolute atomic E-state index is 13.5. The Hall–Kier alpha value is -1.46. The molecule has 1 aromatic heterocycles. The van der Waals surface area contributed by atoms with Crippen LogP contribution in [0, 0.1) is 18.6 Å². The number of aryl methyl sites for hydroxylation is 1. The molecule has 2 nitrogen and oxygen atoms in total. The van der Waals surface area contributed by atoms with Gasteiger partial charge in [-0.2, -0.15) is 0 Å². The monoisotopic (exact) mass is 266 g/mol. The summed E-state index contributed by atoms with van der Waals surface area (Å²) in [6.07, 6.45) is 0. The number of nitrogens with zero attached hydrogens (tertiary/aromatic N) is 1. The molecule has 0 fully saturated rings. The molecule has 0 saturated heterocycles. The fourth-order valence-corrected chi connectivity index (χ4v) is 2.48. The Morgan fingerprint density at radius 1 is 1.22 bits per heavy atom. The molecule has 94 valence electrons. The van der Waals surface area contributed by atoms with Crippen molar-refractivity contribution in [3.63, 3.8) is 0 Å². The first-order valence-electron chi connectivity index (χ1n) is 5.39. The molecule has 5 heteroatoms. The van der Waals surface area contributed by atoms with Crippen molar-refractivity contribution >= 4 is 11.8 Å². The molecule has 0 spiro atoms. The first-order valence-corrected chi connectivity index (χ1v) is 6.21. The largest absolute Gasteiger partial charge is 0.326 e. The van der Waals surface area contributed by atoms with Gasteiger partial charge in [0.05, 0.1) is 4.90 Å². The summed E-state index contributed by atoms with van der Waals surface area (Å²) in [4.78, 5) is 4.51. The quantitative estimate of drug-likeness (QED) is 0.926. The molecule has 0 unspecified atom stereocenters. The Kier molecular flexibility index (Phi) is 3.93. The predicted molar refractivity (Wildman–Crippen MR) is 67.3 cm³/mol. The zero-order valence-corrected chi connectivity index (χ0v) is 10.6. The van der Waals surface area contributed by atoms with Crippen LogP contribution >= 0.6 is 11.8 Å². The van der Waals surface area contributed by atoms with Crippen molar-refractivity contribution in [2.24, 2.45) is 5.73 Å². The predicted octanol–water partition coefficient (Wildman–Crippen LogP) is 3.28. The van der Waals surface area contributed by atoms with Crippen LogP contribution in [0.15, 0.2) is 40.3 Å². The molecule has 0 atom stereocenters. The minimum Gasteiger partial charge on any atom is -0.326 e. The standard InChI is InChI=1S/C13H12F2N2S/c1-8-2-3-9(7-16)13(17-8)18-12-6-10(14)4-5-11(12)15/h2-6H,7,16H2,1H3. The molecule has 0 aliphatic heterocycles. The lowest BCUT2D eigenvalue weighted by Gasteiger charge is -2.08. The molecule has 0 amide bonds. The summed E-state index contributed by atoms with van der Waals surface area (Å²) in [5, 5.41) is 0.613. The zero-order valence-electron chi connectivity index (χ0n) is 9.78. The van der Waals surface area contributed by atoms with Gasteiger partial charge in [-0.3, -0.25) is 0 Å². The van der Waals surface area contributed by atoms with Gasteiger partial charge >= 0.3 is 0 Å². The Balaban J connectivity index is 2.38. The van der Waals surface area contributed by atoms with E-state index in [-0.39, 0.29) is 4.90 Å². The second-order valence-corrected chi connectivity index (χ2v) is 4.83. The lowest BCUT2D eigenvalue weighted by molar-refractivity contribution is 0.577. The van der Waals surface area contributed by atoms with Crippen LogP contribution in [0.4, 0.5) is 8.78 Å². The smallest absolute Gasteiger partial charge is 0.137 e. The fraction of sp³-hybridized carbons (Fsp3) is 0.154. The highest BCUT2D eigenvalue weighted by Crippen LogP contribution is 2.31. The average molecular weight is 266 g/mol. The normalized spacial score (nSPS) is 10.7. The summed E-state index contributed by atoms with van der Waals surface area (Å²) in [6.45, 7) is 2.15. The Labute approximate surface area is 108 Å². The van der Waals surface area contributed by atoms with Crippen molar-refractivity contribution < 1.29 is 8.78 Å². The summed E-state index contributed by atoms with van der Waals surface area (Å²) in [7, 11) is 0. The van der Waals surface area contributed by atoms with E-state index in [2.05, 4.69) is 4.98 Å². The number of rotatable bonds is 3. The molecule has 1 aromatic carbocycles. The van der Waals surface area contributed by atoms with Gasteiger partial charge in [0.25, 0.3) is 0 Å². The van der Waals surface area contributed by atoms with Crippen molar-refractivity contribution in [2.45, 2.75) is 23.4 Å². The van der Waals surface area contributed by atoms with E-state index in [4.69, 9.17) is 5.73 Å². The van der Waals surface area contributed by atoms with Gasteiger partial charge in [-0.15, -0.1) is 0 Å². The van der Waals surface area contributed by atoms with Gasteiger partial charge in [0.1, 0.15) is 16.7 Å². The zero-order chi connectivity index (χ0) is 13.1. The van der Waals surface area contributed by atoms with Gasteiger partial charge in [0, 0.05) is 12.2 Å². The number of benzene rings is 1. The van der Waals surface area contributed by atoms with Gasteiger partial charge in [0.15, 0.2) is 0 Å². The van der Waals surface area contributed by atoms with Gasteiger partial charge < -0.3 is 5.73 Å². The SMILES string of the molecule is Cc1ccc(CN)c(Sc2cc(F)ccc2F)n1. The van der Waals surface area contributed by atoms with Gasteiger partial charge in [0.2, 0.25) is 0 Å². The highest BCUT2D eigenvalue weighted by atomic mass is 32.2. The highest BCUT2D eigenvalue weighted by molar-refractivity contribution is 7.99. The maximum atomic E-state index is 13.5. The lowest BCUT2D eigenvalue weighted by Crippen LogP contribution is -2.01. The number of pyridine rings is 1. The molecule has 18 heavy (non-hydrogen) atoms. The Morgan fingerprint density at radius 2 is 2.00 bits per heavy atom. The van der Waals surface area contributed by atoms with E-state index in [0.29, 0.717) is 11.6 Å². The molecule has 2 rings (SSSR count). The summed E-state index contributed by atoms with van der Waals surface area (Å²) in [5.74, 6) is -0.937. The highest BCUT2D eigenvalue weighted by Gasteiger charge is 2.10. The topological polar surface area (TPSA) is 38.9 Å². The molecule has 1 heterocycles. The van der Waals surface area contributed by atoms with Crippen molar-refractivity contribution in [1.29, 1.82) is 0 Å². The summed E-state index contributed by atoms with van der Waals surface area (Å²) >= 11 is 1.09. The molecule has 0 saturated carbocycles. The molecule has 0 radical (unpaired) electrons. The number of aromatic nitrogens is 1. The third-order valence-corrected chi connectivity index (χ3v) is 3.48. The average Bonchev–Trinajstić information content (AvgIpc) is 2.34. The number of nitrogens with two attached hydrogens (primary N) is 1. The molecule has 0 aliphatic carbocycles. The number of hydrogen-bond donors (Lipinski definition) is 1. The van der Waals surface area contributed by atoms with E-state index in [0.717, 1.165) is 41.2 Å². The minimum absolute atomic E-state index is 0.211. The second kappa shape index (κ2) is 5.46. The van der Waals surface area contributed by atoms with Crippen LogP contribution in [-0.4, -0.2) is 4.98 Å².